The summed E-state index contributed by atoms with van der Waals surface area (Å²) in [6.07, 6.45) is 5.20. The van der Waals surface area contributed by atoms with E-state index < -0.39 is 4.92 Å². The second-order valence-electron chi connectivity index (χ2n) is 3.60. The van der Waals surface area contributed by atoms with Crippen molar-refractivity contribution in [2.24, 2.45) is 0 Å². The van der Waals surface area contributed by atoms with Crippen LogP contribution in [0.25, 0.3) is 0 Å². The van der Waals surface area contributed by atoms with Gasteiger partial charge in [0, 0.05) is 18.7 Å². The fourth-order valence-electron chi connectivity index (χ4n) is 1.37. The van der Waals surface area contributed by atoms with E-state index in [1.54, 1.807) is 6.92 Å². The summed E-state index contributed by atoms with van der Waals surface area (Å²) in [6.45, 7) is 1.70. The lowest BCUT2D eigenvalue weighted by atomic mass is 10.1. The summed E-state index contributed by atoms with van der Waals surface area (Å²) < 4.78 is 0. The molecule has 0 bridgehead atoms. The number of hydrogen-bond donors (Lipinski definition) is 2. The smallest absolute Gasteiger partial charge is 0.293 e. The molecule has 0 spiro atoms. The van der Waals surface area contributed by atoms with Gasteiger partial charge < -0.3 is 10.6 Å². The Morgan fingerprint density at radius 3 is 2.72 bits per heavy atom. The second-order valence-corrected chi connectivity index (χ2v) is 3.60. The Kier molecular flexibility index (Phi) is 4.27. The average molecular weight is 247 g/mol. The Hall–Kier alpha value is -2.55. The van der Waals surface area contributed by atoms with Crippen LogP contribution in [0.1, 0.15) is 17.3 Å². The second kappa shape index (κ2) is 5.68. The van der Waals surface area contributed by atoms with Crippen LogP contribution < -0.4 is 10.6 Å². The Labute approximate surface area is 105 Å². The van der Waals surface area contributed by atoms with Gasteiger partial charge in [-0.2, -0.15) is 0 Å². The minimum atomic E-state index is -0.558. The first-order chi connectivity index (χ1) is 8.49. The lowest BCUT2D eigenvalue weighted by Gasteiger charge is -2.10. The average Bonchev–Trinajstić information content (AvgIpc) is 2.37. The number of nitrogens with one attached hydrogen (secondary N) is 2. The number of nitro benzene ring substituents is 1. The third-order valence-electron chi connectivity index (χ3n) is 2.31. The third kappa shape index (κ3) is 2.98. The van der Waals surface area contributed by atoms with Crippen molar-refractivity contribution < 1.29 is 9.72 Å². The van der Waals surface area contributed by atoms with E-state index in [0.29, 0.717) is 0 Å². The van der Waals surface area contributed by atoms with Crippen LogP contribution >= 0.6 is 0 Å². The fourth-order valence-corrected chi connectivity index (χ4v) is 1.37. The highest BCUT2D eigenvalue weighted by Gasteiger charge is 2.17. The quantitative estimate of drug-likeness (QED) is 0.478. The van der Waals surface area contributed by atoms with Crippen LogP contribution in [0.4, 0.5) is 11.4 Å². The predicted molar refractivity (Wildman–Crippen MR) is 68.4 cm³/mol. The molecule has 1 aromatic carbocycles. The molecule has 94 valence electrons. The highest BCUT2D eigenvalue weighted by molar-refractivity contribution is 5.95. The Morgan fingerprint density at radius 1 is 1.56 bits per heavy atom. The van der Waals surface area contributed by atoms with E-state index in [-0.39, 0.29) is 28.9 Å². The largest absolute Gasteiger partial charge is 0.366 e. The lowest BCUT2D eigenvalue weighted by molar-refractivity contribution is -0.384. The van der Waals surface area contributed by atoms with Crippen LogP contribution in [0, 0.1) is 22.5 Å². The molecule has 0 aliphatic carbocycles. The molecule has 6 nitrogen and oxygen atoms in total. The number of carbonyl (C=O) groups excluding carboxylic acids is 1. The van der Waals surface area contributed by atoms with E-state index in [4.69, 9.17) is 6.42 Å². The van der Waals surface area contributed by atoms with Gasteiger partial charge in [0.25, 0.3) is 11.6 Å². The van der Waals surface area contributed by atoms with Gasteiger partial charge in [-0.25, -0.2) is 0 Å². The summed E-state index contributed by atoms with van der Waals surface area (Å²) in [4.78, 5) is 21.8. The molecular formula is C12H13N3O3. The van der Waals surface area contributed by atoms with Crippen molar-refractivity contribution in [1.29, 1.82) is 0 Å². The van der Waals surface area contributed by atoms with Gasteiger partial charge >= 0.3 is 0 Å². The van der Waals surface area contributed by atoms with Crippen molar-refractivity contribution in [3.05, 3.63) is 33.9 Å². The Bertz CT molecular complexity index is 520. The molecule has 1 atom stereocenters. The number of anilines is 1. The first kappa shape index (κ1) is 13.5. The zero-order chi connectivity index (χ0) is 13.7. The normalized spacial score (nSPS) is 11.2. The summed E-state index contributed by atoms with van der Waals surface area (Å²) >= 11 is 0. The third-order valence-corrected chi connectivity index (χ3v) is 2.31. The Balaban J connectivity index is 3.17. The van der Waals surface area contributed by atoms with E-state index in [0.717, 1.165) is 0 Å². The fraction of sp³-hybridized carbons (Fsp3) is 0.250. The van der Waals surface area contributed by atoms with E-state index in [1.807, 2.05) is 0 Å². The van der Waals surface area contributed by atoms with Crippen LogP contribution in [0.2, 0.25) is 0 Å². The molecule has 1 rings (SSSR count). The topological polar surface area (TPSA) is 84.3 Å². The molecule has 18 heavy (non-hydrogen) atoms. The molecule has 2 N–H and O–H groups in total. The highest BCUT2D eigenvalue weighted by atomic mass is 16.6. The summed E-state index contributed by atoms with van der Waals surface area (Å²) in [5.41, 5.74) is 0.333. The molecular weight excluding hydrogens is 234 g/mol. The number of hydrogen-bond acceptors (Lipinski definition) is 4. The Morgan fingerprint density at radius 2 is 2.22 bits per heavy atom. The number of nitro groups is 1. The molecule has 6 heteroatoms. The number of nitrogens with zero attached hydrogens (tertiary/aromatic N) is 1. The van der Waals surface area contributed by atoms with Gasteiger partial charge in [0.2, 0.25) is 0 Å². The predicted octanol–water partition coefficient (Wildman–Crippen LogP) is 1.39. The molecule has 0 fully saturated rings. The molecule has 0 radical (unpaired) electrons. The van der Waals surface area contributed by atoms with E-state index in [9.17, 15) is 14.9 Å². The van der Waals surface area contributed by atoms with Crippen molar-refractivity contribution in [1.82, 2.24) is 5.32 Å². The van der Waals surface area contributed by atoms with E-state index >= 15 is 0 Å². The standard InChI is InChI=1S/C12H13N3O3/c1-4-8(2)14-10-6-5-9(12(16)13-3)7-11(10)15(17)18/h1,5-8,14H,2-3H3,(H,13,16). The SMILES string of the molecule is C#CC(C)Nc1ccc(C(=O)NC)cc1[N+](=O)[O-]. The van der Waals surface area contributed by atoms with E-state index in [1.165, 1.54) is 25.2 Å². The van der Waals surface area contributed by atoms with Crippen LogP contribution in [0.15, 0.2) is 18.2 Å². The molecule has 1 aromatic rings. The van der Waals surface area contributed by atoms with Crippen molar-refractivity contribution in [3.63, 3.8) is 0 Å². The molecule has 0 heterocycles. The highest BCUT2D eigenvalue weighted by Crippen LogP contribution is 2.26. The van der Waals surface area contributed by atoms with Crippen LogP contribution in [-0.2, 0) is 0 Å². The van der Waals surface area contributed by atoms with Gasteiger partial charge in [-0.15, -0.1) is 6.42 Å². The molecule has 0 aliphatic heterocycles. The van der Waals surface area contributed by atoms with Crippen molar-refractivity contribution in [3.8, 4) is 12.3 Å². The minimum Gasteiger partial charge on any atom is -0.366 e. The van der Waals surface area contributed by atoms with Crippen LogP contribution in [-0.4, -0.2) is 23.9 Å². The van der Waals surface area contributed by atoms with Crippen molar-refractivity contribution in [2.45, 2.75) is 13.0 Å². The number of benzene rings is 1. The molecule has 1 amide bonds. The van der Waals surface area contributed by atoms with Gasteiger partial charge in [0.05, 0.1) is 11.0 Å². The van der Waals surface area contributed by atoms with Gasteiger partial charge in [-0.1, -0.05) is 5.92 Å². The molecule has 0 saturated carbocycles. The first-order valence-electron chi connectivity index (χ1n) is 5.22. The zero-order valence-electron chi connectivity index (χ0n) is 10.1. The zero-order valence-corrected chi connectivity index (χ0v) is 10.1. The minimum absolute atomic E-state index is 0.182. The number of terminal acetylenes is 1. The summed E-state index contributed by atoms with van der Waals surface area (Å²) in [5, 5.41) is 16.2. The number of carbonyl (C=O) groups is 1. The lowest BCUT2D eigenvalue weighted by Crippen LogP contribution is -2.18. The van der Waals surface area contributed by atoms with Gasteiger partial charge in [0.15, 0.2) is 0 Å². The van der Waals surface area contributed by atoms with Crippen LogP contribution in [0.3, 0.4) is 0 Å². The van der Waals surface area contributed by atoms with Gasteiger partial charge in [0.1, 0.15) is 5.69 Å². The number of rotatable bonds is 4. The van der Waals surface area contributed by atoms with Crippen LogP contribution in [0.5, 0.6) is 0 Å². The molecule has 0 saturated heterocycles. The van der Waals surface area contributed by atoms with Crippen molar-refractivity contribution >= 4 is 17.3 Å². The van der Waals surface area contributed by atoms with E-state index in [2.05, 4.69) is 16.6 Å². The summed E-state index contributed by atoms with van der Waals surface area (Å²) in [5.74, 6) is 2.04. The molecule has 0 aromatic heterocycles. The first-order valence-corrected chi connectivity index (χ1v) is 5.22. The molecule has 0 aliphatic rings. The van der Waals surface area contributed by atoms with Crippen molar-refractivity contribution in [2.75, 3.05) is 12.4 Å². The summed E-state index contributed by atoms with van der Waals surface area (Å²) in [6, 6.07) is 3.84. The maximum Gasteiger partial charge on any atom is 0.293 e. The monoisotopic (exact) mass is 247 g/mol. The molecule has 1 unspecified atom stereocenters. The number of amides is 1. The maximum atomic E-state index is 11.4. The van der Waals surface area contributed by atoms with Gasteiger partial charge in [-0.3, -0.25) is 14.9 Å². The maximum absolute atomic E-state index is 11.4. The van der Waals surface area contributed by atoms with Gasteiger partial charge in [-0.05, 0) is 19.1 Å². The summed E-state index contributed by atoms with van der Waals surface area (Å²) in [7, 11) is 1.46.